The summed E-state index contributed by atoms with van der Waals surface area (Å²) in [5.41, 5.74) is 0. The fourth-order valence-electron chi connectivity index (χ4n) is 3.48. The van der Waals surface area contributed by atoms with Crippen molar-refractivity contribution in [1.29, 1.82) is 0 Å². The van der Waals surface area contributed by atoms with Crippen molar-refractivity contribution >= 4 is 11.9 Å². The van der Waals surface area contributed by atoms with E-state index in [1.165, 1.54) is 0 Å². The van der Waals surface area contributed by atoms with Crippen LogP contribution < -0.4 is 5.32 Å². The van der Waals surface area contributed by atoms with Crippen molar-refractivity contribution < 1.29 is 14.7 Å². The van der Waals surface area contributed by atoms with Crippen molar-refractivity contribution in [2.24, 2.45) is 0 Å². The quantitative estimate of drug-likeness (QED) is 0.790. The number of aliphatic carboxylic acids is 1. The van der Waals surface area contributed by atoms with Crippen LogP contribution in [0.15, 0.2) is 0 Å². The number of nitrogens with zero attached hydrogens (tertiary/aromatic N) is 2. The Morgan fingerprint density at radius 1 is 1.14 bits per heavy atom. The maximum Gasteiger partial charge on any atom is 0.320 e. The molecule has 0 spiro atoms. The number of hydrogen-bond acceptors (Lipinski definition) is 4. The topological polar surface area (TPSA) is 72.9 Å². The van der Waals surface area contributed by atoms with Gasteiger partial charge in [0.1, 0.15) is 6.04 Å². The van der Waals surface area contributed by atoms with Crippen LogP contribution in [0.4, 0.5) is 0 Å². The lowest BCUT2D eigenvalue weighted by molar-refractivity contribution is -0.145. The zero-order chi connectivity index (χ0) is 16.1. The zero-order valence-corrected chi connectivity index (χ0v) is 13.8. The van der Waals surface area contributed by atoms with Crippen LogP contribution in [-0.2, 0) is 9.59 Å². The summed E-state index contributed by atoms with van der Waals surface area (Å²) in [6.45, 7) is 7.34. The highest BCUT2D eigenvalue weighted by molar-refractivity contribution is 5.80. The monoisotopic (exact) mass is 311 g/mol. The van der Waals surface area contributed by atoms with Crippen molar-refractivity contribution in [3.05, 3.63) is 0 Å². The van der Waals surface area contributed by atoms with E-state index in [-0.39, 0.29) is 18.5 Å². The van der Waals surface area contributed by atoms with Crippen LogP contribution in [0.1, 0.15) is 46.0 Å². The third kappa shape index (κ3) is 4.68. The highest BCUT2D eigenvalue weighted by Gasteiger charge is 2.30. The van der Waals surface area contributed by atoms with Gasteiger partial charge >= 0.3 is 5.97 Å². The maximum atomic E-state index is 12.2. The highest BCUT2D eigenvalue weighted by Crippen LogP contribution is 2.17. The summed E-state index contributed by atoms with van der Waals surface area (Å²) < 4.78 is 0. The number of rotatable bonds is 5. The minimum absolute atomic E-state index is 0.0313. The Kier molecular flexibility index (Phi) is 6.20. The van der Waals surface area contributed by atoms with Crippen LogP contribution in [0.2, 0.25) is 0 Å². The summed E-state index contributed by atoms with van der Waals surface area (Å²) in [5.74, 6) is -0.839. The fourth-order valence-corrected chi connectivity index (χ4v) is 3.48. The molecule has 2 aliphatic heterocycles. The smallest absolute Gasteiger partial charge is 0.320 e. The first kappa shape index (κ1) is 17.2. The molecular weight excluding hydrogens is 282 g/mol. The SMILES string of the molecule is CC(C)N1CCC(NC(=O)CN2CCCCC2C(=O)O)CC1. The third-order valence-electron chi connectivity index (χ3n) is 4.87. The van der Waals surface area contributed by atoms with Gasteiger partial charge < -0.3 is 15.3 Å². The second-order valence-electron chi connectivity index (χ2n) is 6.79. The van der Waals surface area contributed by atoms with Crippen LogP contribution >= 0.6 is 0 Å². The van der Waals surface area contributed by atoms with Gasteiger partial charge in [0, 0.05) is 25.2 Å². The molecule has 2 saturated heterocycles. The molecule has 0 aromatic rings. The van der Waals surface area contributed by atoms with Crippen molar-refractivity contribution in [2.75, 3.05) is 26.2 Å². The molecule has 0 aromatic heterocycles. The molecule has 0 saturated carbocycles. The van der Waals surface area contributed by atoms with Crippen LogP contribution in [0.5, 0.6) is 0 Å². The first-order chi connectivity index (χ1) is 10.5. The van der Waals surface area contributed by atoms with Crippen LogP contribution in [-0.4, -0.2) is 71.1 Å². The summed E-state index contributed by atoms with van der Waals surface area (Å²) in [5, 5.41) is 12.3. The average Bonchev–Trinajstić information content (AvgIpc) is 2.48. The number of likely N-dealkylation sites (tertiary alicyclic amines) is 2. The van der Waals surface area contributed by atoms with E-state index >= 15 is 0 Å². The molecule has 2 fully saturated rings. The molecule has 2 aliphatic rings. The molecule has 1 atom stereocenters. The second kappa shape index (κ2) is 7.92. The van der Waals surface area contributed by atoms with Gasteiger partial charge in [-0.3, -0.25) is 14.5 Å². The van der Waals surface area contributed by atoms with E-state index in [4.69, 9.17) is 0 Å². The normalized spacial score (nSPS) is 25.3. The lowest BCUT2D eigenvalue weighted by atomic mass is 10.0. The molecule has 0 aliphatic carbocycles. The number of carbonyl (C=O) groups is 2. The predicted octanol–water partition coefficient (Wildman–Crippen LogP) is 0.915. The zero-order valence-electron chi connectivity index (χ0n) is 13.8. The van der Waals surface area contributed by atoms with Gasteiger partial charge in [-0.1, -0.05) is 6.42 Å². The van der Waals surface area contributed by atoms with E-state index < -0.39 is 12.0 Å². The number of carbonyl (C=O) groups excluding carboxylic acids is 1. The van der Waals surface area contributed by atoms with Gasteiger partial charge in [-0.2, -0.15) is 0 Å². The predicted molar refractivity (Wildman–Crippen MR) is 84.7 cm³/mol. The number of hydrogen-bond donors (Lipinski definition) is 2. The summed E-state index contributed by atoms with van der Waals surface area (Å²) in [6, 6.07) is 0.291. The Balaban J connectivity index is 1.77. The number of piperidine rings is 2. The molecular formula is C16H29N3O3. The summed E-state index contributed by atoms with van der Waals surface area (Å²) >= 11 is 0. The molecule has 2 heterocycles. The highest BCUT2D eigenvalue weighted by atomic mass is 16.4. The summed E-state index contributed by atoms with van der Waals surface area (Å²) in [4.78, 5) is 27.7. The van der Waals surface area contributed by atoms with E-state index in [2.05, 4.69) is 24.1 Å². The summed E-state index contributed by atoms with van der Waals surface area (Å²) in [7, 11) is 0. The standard InChI is InChI=1S/C16H29N3O3/c1-12(2)18-9-6-13(7-10-18)17-15(20)11-19-8-4-3-5-14(19)16(21)22/h12-14H,3-11H2,1-2H3,(H,17,20)(H,21,22). The first-order valence-corrected chi connectivity index (χ1v) is 8.47. The Morgan fingerprint density at radius 3 is 2.41 bits per heavy atom. The molecule has 0 bridgehead atoms. The Hall–Kier alpha value is -1.14. The fraction of sp³-hybridized carbons (Fsp3) is 0.875. The Labute approximate surface area is 132 Å². The summed E-state index contributed by atoms with van der Waals surface area (Å²) in [6.07, 6.45) is 4.51. The van der Waals surface area contributed by atoms with Crippen molar-refractivity contribution in [2.45, 2.75) is 64.1 Å². The van der Waals surface area contributed by atoms with E-state index in [0.29, 0.717) is 19.0 Å². The van der Waals surface area contributed by atoms with Gasteiger partial charge in [0.05, 0.1) is 6.54 Å². The largest absolute Gasteiger partial charge is 0.480 e. The van der Waals surface area contributed by atoms with E-state index in [9.17, 15) is 14.7 Å². The first-order valence-electron chi connectivity index (χ1n) is 8.47. The van der Waals surface area contributed by atoms with Crippen LogP contribution in [0.25, 0.3) is 0 Å². The number of nitrogens with one attached hydrogen (secondary N) is 1. The molecule has 1 amide bonds. The van der Waals surface area contributed by atoms with Crippen LogP contribution in [0.3, 0.4) is 0 Å². The molecule has 126 valence electrons. The van der Waals surface area contributed by atoms with Crippen molar-refractivity contribution in [3.63, 3.8) is 0 Å². The average molecular weight is 311 g/mol. The minimum atomic E-state index is -0.808. The number of carboxylic acid groups (broad SMARTS) is 1. The van der Waals surface area contributed by atoms with Gasteiger partial charge in [0.15, 0.2) is 0 Å². The molecule has 0 radical (unpaired) electrons. The molecule has 0 aromatic carbocycles. The number of amides is 1. The molecule has 22 heavy (non-hydrogen) atoms. The molecule has 2 N–H and O–H groups in total. The van der Waals surface area contributed by atoms with Crippen molar-refractivity contribution in [3.8, 4) is 0 Å². The molecule has 6 heteroatoms. The van der Waals surface area contributed by atoms with Gasteiger partial charge in [-0.05, 0) is 46.1 Å². The number of carboxylic acids is 1. The minimum Gasteiger partial charge on any atom is -0.480 e. The Bertz CT molecular complexity index is 392. The van der Waals surface area contributed by atoms with Gasteiger partial charge in [-0.15, -0.1) is 0 Å². The van der Waals surface area contributed by atoms with E-state index in [1.54, 1.807) is 0 Å². The molecule has 2 rings (SSSR count). The van der Waals surface area contributed by atoms with Gasteiger partial charge in [0.2, 0.25) is 5.91 Å². The lowest BCUT2D eigenvalue weighted by Gasteiger charge is -2.36. The van der Waals surface area contributed by atoms with Crippen molar-refractivity contribution in [1.82, 2.24) is 15.1 Å². The maximum absolute atomic E-state index is 12.2. The van der Waals surface area contributed by atoms with Gasteiger partial charge in [-0.25, -0.2) is 0 Å². The van der Waals surface area contributed by atoms with E-state index in [1.807, 2.05) is 4.90 Å². The molecule has 6 nitrogen and oxygen atoms in total. The lowest BCUT2D eigenvalue weighted by Crippen LogP contribution is -2.52. The third-order valence-corrected chi connectivity index (χ3v) is 4.87. The molecule has 1 unspecified atom stereocenters. The van der Waals surface area contributed by atoms with Crippen LogP contribution in [0, 0.1) is 0 Å². The van der Waals surface area contributed by atoms with Gasteiger partial charge in [0.25, 0.3) is 0 Å². The second-order valence-corrected chi connectivity index (χ2v) is 6.79. The Morgan fingerprint density at radius 2 is 1.82 bits per heavy atom. The van der Waals surface area contributed by atoms with E-state index in [0.717, 1.165) is 38.8 Å².